The van der Waals surface area contributed by atoms with Crippen molar-refractivity contribution in [2.24, 2.45) is 0 Å². The molecule has 7 heteroatoms. The van der Waals surface area contributed by atoms with E-state index in [0.717, 1.165) is 0 Å². The minimum Gasteiger partial charge on any atom is -0.391 e. The zero-order chi connectivity index (χ0) is 14.2. The number of imidazole rings is 1. The SMILES string of the molecule is CC(O)[C@H](O)C(O)C(O)c1nc2ccc(F)cc2[nH]1. The number of fused-ring (bicyclic) bond motifs is 1. The van der Waals surface area contributed by atoms with Gasteiger partial charge >= 0.3 is 0 Å². The number of nitrogens with zero attached hydrogens (tertiary/aromatic N) is 1. The highest BCUT2D eigenvalue weighted by Gasteiger charge is 2.31. The summed E-state index contributed by atoms with van der Waals surface area (Å²) in [6.45, 7) is 1.29. The molecule has 0 spiro atoms. The Bertz CT molecular complexity index is 572. The molecular formula is C12H15FN2O4. The molecule has 0 aliphatic heterocycles. The first-order chi connectivity index (χ1) is 8.90. The lowest BCUT2D eigenvalue weighted by molar-refractivity contribution is -0.103. The van der Waals surface area contributed by atoms with Gasteiger partial charge in [0.25, 0.3) is 0 Å². The van der Waals surface area contributed by atoms with E-state index in [1.54, 1.807) is 0 Å². The summed E-state index contributed by atoms with van der Waals surface area (Å²) in [5.74, 6) is -0.463. The second-order valence-electron chi connectivity index (χ2n) is 4.45. The van der Waals surface area contributed by atoms with Gasteiger partial charge in [-0.2, -0.15) is 0 Å². The summed E-state index contributed by atoms with van der Waals surface area (Å²) in [5, 5.41) is 38.2. The van der Waals surface area contributed by atoms with Crippen molar-refractivity contribution >= 4 is 11.0 Å². The molecule has 0 aliphatic carbocycles. The highest BCUT2D eigenvalue weighted by atomic mass is 19.1. The van der Waals surface area contributed by atoms with E-state index in [0.29, 0.717) is 11.0 Å². The van der Waals surface area contributed by atoms with Crippen molar-refractivity contribution in [2.45, 2.75) is 31.3 Å². The van der Waals surface area contributed by atoms with Crippen LogP contribution in [-0.2, 0) is 0 Å². The summed E-state index contributed by atoms with van der Waals surface area (Å²) in [7, 11) is 0. The van der Waals surface area contributed by atoms with E-state index in [1.807, 2.05) is 0 Å². The molecule has 6 nitrogen and oxygen atoms in total. The largest absolute Gasteiger partial charge is 0.391 e. The normalized spacial score (nSPS) is 18.2. The van der Waals surface area contributed by atoms with E-state index < -0.39 is 30.2 Å². The molecule has 0 aliphatic rings. The minimum absolute atomic E-state index is 0.00667. The Kier molecular flexibility index (Phi) is 3.81. The first kappa shape index (κ1) is 13.9. The van der Waals surface area contributed by atoms with Crippen molar-refractivity contribution in [3.05, 3.63) is 29.8 Å². The second-order valence-corrected chi connectivity index (χ2v) is 4.45. The molecule has 1 heterocycles. The quantitative estimate of drug-likeness (QED) is 0.530. The number of halogens is 1. The molecule has 5 N–H and O–H groups in total. The van der Waals surface area contributed by atoms with Crippen molar-refractivity contribution in [3.8, 4) is 0 Å². The Morgan fingerprint density at radius 2 is 1.84 bits per heavy atom. The number of aromatic amines is 1. The molecule has 19 heavy (non-hydrogen) atoms. The lowest BCUT2D eigenvalue weighted by atomic mass is 10.0. The maximum Gasteiger partial charge on any atom is 0.140 e. The predicted octanol–water partition coefficient (Wildman–Crippen LogP) is -0.162. The molecule has 0 saturated carbocycles. The minimum atomic E-state index is -1.61. The summed E-state index contributed by atoms with van der Waals surface area (Å²) in [6.07, 6.45) is -5.84. The van der Waals surface area contributed by atoms with Crippen molar-refractivity contribution in [3.63, 3.8) is 0 Å². The van der Waals surface area contributed by atoms with E-state index >= 15 is 0 Å². The van der Waals surface area contributed by atoms with Gasteiger partial charge in [-0.25, -0.2) is 9.37 Å². The average Bonchev–Trinajstić information content (AvgIpc) is 2.78. The molecular weight excluding hydrogens is 255 g/mol. The van der Waals surface area contributed by atoms with Crippen LogP contribution in [0, 0.1) is 5.82 Å². The van der Waals surface area contributed by atoms with Crippen LogP contribution in [0.15, 0.2) is 18.2 Å². The molecule has 1 aromatic heterocycles. The van der Waals surface area contributed by atoms with Gasteiger partial charge < -0.3 is 25.4 Å². The monoisotopic (exact) mass is 270 g/mol. The Labute approximate surface area is 108 Å². The van der Waals surface area contributed by atoms with Crippen LogP contribution in [0.5, 0.6) is 0 Å². The molecule has 4 atom stereocenters. The van der Waals surface area contributed by atoms with Gasteiger partial charge in [0, 0.05) is 0 Å². The number of hydrogen-bond donors (Lipinski definition) is 5. The number of aliphatic hydroxyl groups is 4. The van der Waals surface area contributed by atoms with E-state index in [1.165, 1.54) is 25.1 Å². The standard InChI is InChI=1S/C12H15FN2O4/c1-5(16)9(17)10(18)11(19)12-14-7-3-2-6(13)4-8(7)15-12/h2-5,9-11,16-19H,1H3,(H,14,15)/t5?,9-,10?,11?/m0/s1. The number of nitrogens with one attached hydrogen (secondary N) is 1. The molecule has 1 aromatic carbocycles. The summed E-state index contributed by atoms with van der Waals surface area (Å²) in [4.78, 5) is 6.65. The van der Waals surface area contributed by atoms with E-state index in [9.17, 15) is 19.7 Å². The maximum atomic E-state index is 13.0. The van der Waals surface area contributed by atoms with Crippen molar-refractivity contribution in [2.75, 3.05) is 0 Å². The lowest BCUT2D eigenvalue weighted by Crippen LogP contribution is -2.39. The molecule has 0 bridgehead atoms. The van der Waals surface area contributed by atoms with Crippen LogP contribution >= 0.6 is 0 Å². The predicted molar refractivity (Wildman–Crippen MR) is 64.7 cm³/mol. The summed E-state index contributed by atoms with van der Waals surface area (Å²) >= 11 is 0. The number of benzene rings is 1. The molecule has 0 saturated heterocycles. The highest BCUT2D eigenvalue weighted by Crippen LogP contribution is 2.21. The number of H-pyrrole nitrogens is 1. The van der Waals surface area contributed by atoms with E-state index in [2.05, 4.69) is 9.97 Å². The van der Waals surface area contributed by atoms with Crippen LogP contribution < -0.4 is 0 Å². The summed E-state index contributed by atoms with van der Waals surface area (Å²) in [6, 6.07) is 3.85. The van der Waals surface area contributed by atoms with Crippen LogP contribution in [0.1, 0.15) is 18.9 Å². The van der Waals surface area contributed by atoms with Gasteiger partial charge in [-0.15, -0.1) is 0 Å². The third-order valence-electron chi connectivity index (χ3n) is 2.91. The number of rotatable bonds is 4. The van der Waals surface area contributed by atoms with Crippen LogP contribution in [0.25, 0.3) is 11.0 Å². The van der Waals surface area contributed by atoms with Crippen LogP contribution in [0.2, 0.25) is 0 Å². The lowest BCUT2D eigenvalue weighted by Gasteiger charge is -2.23. The van der Waals surface area contributed by atoms with Gasteiger partial charge in [-0.05, 0) is 25.1 Å². The van der Waals surface area contributed by atoms with Crippen molar-refractivity contribution < 1.29 is 24.8 Å². The molecule has 0 fully saturated rings. The van der Waals surface area contributed by atoms with Crippen molar-refractivity contribution in [1.82, 2.24) is 9.97 Å². The average molecular weight is 270 g/mol. The summed E-state index contributed by atoms with van der Waals surface area (Å²) in [5.41, 5.74) is 0.793. The van der Waals surface area contributed by atoms with E-state index in [4.69, 9.17) is 5.11 Å². The zero-order valence-corrected chi connectivity index (χ0v) is 10.2. The molecule has 3 unspecified atom stereocenters. The van der Waals surface area contributed by atoms with Crippen LogP contribution in [0.3, 0.4) is 0 Å². The Balaban J connectivity index is 2.28. The second kappa shape index (κ2) is 5.22. The van der Waals surface area contributed by atoms with Gasteiger partial charge in [0.05, 0.1) is 17.1 Å². The zero-order valence-electron chi connectivity index (χ0n) is 10.2. The summed E-state index contributed by atoms with van der Waals surface area (Å²) < 4.78 is 13.0. The first-order valence-electron chi connectivity index (χ1n) is 5.77. The fourth-order valence-corrected chi connectivity index (χ4v) is 1.78. The van der Waals surface area contributed by atoms with Crippen LogP contribution in [0.4, 0.5) is 4.39 Å². The Hall–Kier alpha value is -1.54. The van der Waals surface area contributed by atoms with Gasteiger partial charge in [0.1, 0.15) is 30.0 Å². The van der Waals surface area contributed by atoms with Gasteiger partial charge in [0.2, 0.25) is 0 Å². The van der Waals surface area contributed by atoms with Gasteiger partial charge in [-0.3, -0.25) is 0 Å². The highest BCUT2D eigenvalue weighted by molar-refractivity contribution is 5.75. The number of aromatic nitrogens is 2. The Morgan fingerprint density at radius 3 is 2.47 bits per heavy atom. The number of aliphatic hydroxyl groups excluding tert-OH is 4. The van der Waals surface area contributed by atoms with Gasteiger partial charge in [0.15, 0.2) is 0 Å². The third-order valence-corrected chi connectivity index (χ3v) is 2.91. The first-order valence-corrected chi connectivity index (χ1v) is 5.77. The van der Waals surface area contributed by atoms with Gasteiger partial charge in [-0.1, -0.05) is 0 Å². The topological polar surface area (TPSA) is 110 Å². The third kappa shape index (κ3) is 2.74. The molecule has 2 rings (SSSR count). The smallest absolute Gasteiger partial charge is 0.140 e. The number of hydrogen-bond acceptors (Lipinski definition) is 5. The maximum absolute atomic E-state index is 13.0. The Morgan fingerprint density at radius 1 is 1.16 bits per heavy atom. The molecule has 2 aromatic rings. The fraction of sp³-hybridized carbons (Fsp3) is 0.417. The fourth-order valence-electron chi connectivity index (χ4n) is 1.78. The van der Waals surface area contributed by atoms with E-state index in [-0.39, 0.29) is 5.82 Å². The molecule has 104 valence electrons. The molecule has 0 radical (unpaired) electrons. The molecule has 0 amide bonds. The van der Waals surface area contributed by atoms with Crippen LogP contribution in [-0.4, -0.2) is 48.7 Å². The van der Waals surface area contributed by atoms with Crippen molar-refractivity contribution in [1.29, 1.82) is 0 Å².